The Hall–Kier alpha value is -4.21. The maximum absolute atomic E-state index is 12.3. The molecule has 10 nitrogen and oxygen atoms in total. The summed E-state index contributed by atoms with van der Waals surface area (Å²) in [5, 5.41) is 14.7. The molecular formula is C21H22N6O4. The number of methoxy groups -OCH3 is 2. The number of anilines is 2. The van der Waals surface area contributed by atoms with Gasteiger partial charge in [-0.3, -0.25) is 14.6 Å². The molecule has 0 aliphatic rings. The number of aromatic amines is 1. The van der Waals surface area contributed by atoms with Crippen molar-refractivity contribution in [3.8, 4) is 11.5 Å². The van der Waals surface area contributed by atoms with Crippen LogP contribution in [0.1, 0.15) is 23.7 Å². The smallest absolute Gasteiger partial charge is 0.274 e. The second-order valence-corrected chi connectivity index (χ2v) is 6.49. The van der Waals surface area contributed by atoms with Gasteiger partial charge in [0.25, 0.3) is 5.56 Å². The Bertz CT molecular complexity index is 1140. The topological polar surface area (TPSA) is 131 Å². The predicted octanol–water partition coefficient (Wildman–Crippen LogP) is 2.18. The van der Waals surface area contributed by atoms with Gasteiger partial charge in [-0.05, 0) is 35.4 Å². The van der Waals surface area contributed by atoms with E-state index in [0.717, 1.165) is 11.1 Å². The maximum Gasteiger partial charge on any atom is 0.274 e. The van der Waals surface area contributed by atoms with E-state index in [4.69, 9.17) is 9.47 Å². The minimum absolute atomic E-state index is 0.118. The van der Waals surface area contributed by atoms with E-state index in [-0.39, 0.29) is 29.5 Å². The van der Waals surface area contributed by atoms with Crippen molar-refractivity contribution in [2.75, 3.05) is 25.0 Å². The van der Waals surface area contributed by atoms with E-state index >= 15 is 0 Å². The summed E-state index contributed by atoms with van der Waals surface area (Å²) in [4.78, 5) is 26.0. The number of hydrogen-bond donors (Lipinski definition) is 3. The lowest BCUT2D eigenvalue weighted by Crippen LogP contribution is -2.18. The molecule has 0 unspecified atom stereocenters. The standard InChI is InChI=1S/C21H22N6O4/c1-13(28)23-16-7-4-14(5-8-16)12-22-26-21-24-20(29)17(25-27-21)10-15-6-9-18(30-2)19(11-15)31-3/h4-9,11-12H,10H2,1-3H3,(H,23,28)(H2,24,26,27,29)/b22-12+. The van der Waals surface area contributed by atoms with Gasteiger partial charge in [0, 0.05) is 19.0 Å². The molecule has 1 amide bonds. The van der Waals surface area contributed by atoms with Crippen LogP contribution in [0.3, 0.4) is 0 Å². The van der Waals surface area contributed by atoms with Gasteiger partial charge in [0.2, 0.25) is 11.9 Å². The van der Waals surface area contributed by atoms with E-state index in [1.807, 2.05) is 6.07 Å². The van der Waals surface area contributed by atoms with Crippen molar-refractivity contribution in [2.24, 2.45) is 5.10 Å². The van der Waals surface area contributed by atoms with Gasteiger partial charge in [0.1, 0.15) is 5.69 Å². The molecule has 0 saturated carbocycles. The number of carbonyl (C=O) groups excluding carboxylic acids is 1. The molecule has 10 heteroatoms. The summed E-state index contributed by atoms with van der Waals surface area (Å²) in [6.07, 6.45) is 1.84. The third-order valence-corrected chi connectivity index (χ3v) is 4.20. The Labute approximate surface area is 178 Å². The first-order chi connectivity index (χ1) is 15.0. The average Bonchev–Trinajstić information content (AvgIpc) is 2.76. The lowest BCUT2D eigenvalue weighted by atomic mass is 10.1. The van der Waals surface area contributed by atoms with Crippen LogP contribution in [0, 0.1) is 0 Å². The van der Waals surface area contributed by atoms with Crippen LogP contribution >= 0.6 is 0 Å². The fourth-order valence-electron chi connectivity index (χ4n) is 2.73. The minimum Gasteiger partial charge on any atom is -0.493 e. The molecule has 3 rings (SSSR count). The highest BCUT2D eigenvalue weighted by molar-refractivity contribution is 5.89. The summed E-state index contributed by atoms with van der Waals surface area (Å²) in [6.45, 7) is 1.44. The second kappa shape index (κ2) is 10.0. The molecule has 1 heterocycles. The van der Waals surface area contributed by atoms with E-state index < -0.39 is 0 Å². The Morgan fingerprint density at radius 2 is 1.84 bits per heavy atom. The van der Waals surface area contributed by atoms with Crippen molar-refractivity contribution in [3.05, 3.63) is 69.6 Å². The van der Waals surface area contributed by atoms with Crippen molar-refractivity contribution < 1.29 is 14.3 Å². The molecule has 3 N–H and O–H groups in total. The summed E-state index contributed by atoms with van der Waals surface area (Å²) in [5.74, 6) is 1.16. The lowest BCUT2D eigenvalue weighted by Gasteiger charge is -2.09. The van der Waals surface area contributed by atoms with Crippen molar-refractivity contribution in [2.45, 2.75) is 13.3 Å². The molecule has 0 spiro atoms. The minimum atomic E-state index is -0.373. The van der Waals surface area contributed by atoms with Crippen LogP contribution in [0.4, 0.5) is 11.6 Å². The van der Waals surface area contributed by atoms with E-state index in [2.05, 4.69) is 31.0 Å². The van der Waals surface area contributed by atoms with Crippen LogP contribution < -0.4 is 25.8 Å². The molecule has 31 heavy (non-hydrogen) atoms. The van der Waals surface area contributed by atoms with Crippen LogP contribution in [-0.2, 0) is 11.2 Å². The summed E-state index contributed by atoms with van der Waals surface area (Å²) in [5.41, 5.74) is 4.84. The third kappa shape index (κ3) is 5.89. The predicted molar refractivity (Wildman–Crippen MR) is 117 cm³/mol. The molecular weight excluding hydrogens is 400 g/mol. The molecule has 0 bridgehead atoms. The van der Waals surface area contributed by atoms with Gasteiger partial charge in [-0.2, -0.15) is 5.10 Å². The largest absolute Gasteiger partial charge is 0.493 e. The monoisotopic (exact) mass is 422 g/mol. The number of benzene rings is 2. The Morgan fingerprint density at radius 3 is 2.48 bits per heavy atom. The van der Waals surface area contributed by atoms with Crippen LogP contribution in [-0.4, -0.2) is 41.5 Å². The van der Waals surface area contributed by atoms with Gasteiger partial charge < -0.3 is 14.8 Å². The van der Waals surface area contributed by atoms with Gasteiger partial charge in [-0.1, -0.05) is 18.2 Å². The van der Waals surface area contributed by atoms with E-state index in [9.17, 15) is 9.59 Å². The SMILES string of the molecule is COc1ccc(Cc2nnc(N/N=C/c3ccc(NC(C)=O)cc3)[nH]c2=O)cc1OC. The molecule has 0 atom stereocenters. The highest BCUT2D eigenvalue weighted by atomic mass is 16.5. The zero-order chi connectivity index (χ0) is 22.2. The third-order valence-electron chi connectivity index (χ3n) is 4.20. The van der Waals surface area contributed by atoms with Gasteiger partial charge in [0.15, 0.2) is 11.5 Å². The van der Waals surface area contributed by atoms with Gasteiger partial charge in [-0.25, -0.2) is 5.43 Å². The first-order valence-electron chi connectivity index (χ1n) is 9.32. The van der Waals surface area contributed by atoms with Gasteiger partial charge in [0.05, 0.1) is 20.4 Å². The van der Waals surface area contributed by atoms with Gasteiger partial charge >= 0.3 is 0 Å². The summed E-state index contributed by atoms with van der Waals surface area (Å²) < 4.78 is 10.5. The lowest BCUT2D eigenvalue weighted by molar-refractivity contribution is -0.114. The summed E-state index contributed by atoms with van der Waals surface area (Å²) >= 11 is 0. The zero-order valence-electron chi connectivity index (χ0n) is 17.3. The summed E-state index contributed by atoms with van der Waals surface area (Å²) in [6, 6.07) is 12.5. The number of nitrogens with one attached hydrogen (secondary N) is 3. The van der Waals surface area contributed by atoms with Crippen LogP contribution in [0.2, 0.25) is 0 Å². The highest BCUT2D eigenvalue weighted by Crippen LogP contribution is 2.28. The van der Waals surface area contributed by atoms with E-state index in [1.165, 1.54) is 6.92 Å². The normalized spacial score (nSPS) is 10.7. The number of nitrogens with zero attached hydrogens (tertiary/aromatic N) is 3. The zero-order valence-corrected chi connectivity index (χ0v) is 17.3. The number of hydrogen-bond acceptors (Lipinski definition) is 8. The first kappa shape index (κ1) is 21.5. The van der Waals surface area contributed by atoms with Crippen molar-refractivity contribution >= 4 is 23.8 Å². The number of hydrazone groups is 1. The molecule has 0 radical (unpaired) electrons. The van der Waals surface area contributed by atoms with Crippen molar-refractivity contribution in [3.63, 3.8) is 0 Å². The van der Waals surface area contributed by atoms with E-state index in [0.29, 0.717) is 17.2 Å². The highest BCUT2D eigenvalue weighted by Gasteiger charge is 2.09. The number of H-pyrrole nitrogens is 1. The number of carbonyl (C=O) groups is 1. The number of rotatable bonds is 8. The van der Waals surface area contributed by atoms with Crippen molar-refractivity contribution in [1.29, 1.82) is 0 Å². The maximum atomic E-state index is 12.3. The number of amides is 1. The number of aromatic nitrogens is 3. The first-order valence-corrected chi connectivity index (χ1v) is 9.32. The molecule has 3 aromatic rings. The molecule has 0 aliphatic heterocycles. The van der Waals surface area contributed by atoms with Crippen LogP contribution in [0.25, 0.3) is 0 Å². The molecule has 1 aromatic heterocycles. The molecule has 0 aliphatic carbocycles. The quantitative estimate of drug-likeness (QED) is 0.375. The summed E-state index contributed by atoms with van der Waals surface area (Å²) in [7, 11) is 3.11. The molecule has 0 fully saturated rings. The fourth-order valence-corrected chi connectivity index (χ4v) is 2.73. The second-order valence-electron chi connectivity index (χ2n) is 6.49. The Kier molecular flexibility index (Phi) is 6.94. The van der Waals surface area contributed by atoms with Crippen LogP contribution in [0.15, 0.2) is 52.4 Å². The van der Waals surface area contributed by atoms with Gasteiger partial charge in [-0.15, -0.1) is 10.2 Å². The van der Waals surface area contributed by atoms with Crippen LogP contribution in [0.5, 0.6) is 11.5 Å². The fraction of sp³-hybridized carbons (Fsp3) is 0.190. The number of ether oxygens (including phenoxy) is 2. The Morgan fingerprint density at radius 1 is 1.10 bits per heavy atom. The van der Waals surface area contributed by atoms with Crippen molar-refractivity contribution in [1.82, 2.24) is 15.2 Å². The average molecular weight is 422 g/mol. The molecule has 2 aromatic carbocycles. The Balaban J connectivity index is 1.63. The molecule has 160 valence electrons. The molecule has 0 saturated heterocycles. The van der Waals surface area contributed by atoms with E-state index in [1.54, 1.807) is 56.8 Å².